The summed E-state index contributed by atoms with van der Waals surface area (Å²) in [7, 11) is 1.95. The fourth-order valence-electron chi connectivity index (χ4n) is 3.26. The van der Waals surface area contributed by atoms with E-state index >= 15 is 0 Å². The van der Waals surface area contributed by atoms with Crippen LogP contribution in [0.5, 0.6) is 0 Å². The molecular weight excluding hydrogens is 388 g/mol. The van der Waals surface area contributed by atoms with Gasteiger partial charge in [-0.2, -0.15) is 0 Å². The summed E-state index contributed by atoms with van der Waals surface area (Å²) in [4.78, 5) is 38.3. The number of esters is 1. The van der Waals surface area contributed by atoms with Crippen LogP contribution in [-0.4, -0.2) is 37.9 Å². The Bertz CT molecular complexity index is 933. The van der Waals surface area contributed by atoms with Crippen LogP contribution in [0.4, 0.5) is 5.00 Å². The summed E-state index contributed by atoms with van der Waals surface area (Å²) in [5.74, 6) is -0.884. The van der Waals surface area contributed by atoms with Crippen LogP contribution >= 0.6 is 11.3 Å². The van der Waals surface area contributed by atoms with Crippen molar-refractivity contribution in [3.63, 3.8) is 0 Å². The molecule has 0 aliphatic rings. The molecule has 0 saturated carbocycles. The minimum absolute atomic E-state index is 0.142. The number of hydrogen-bond acceptors (Lipinski definition) is 5. The van der Waals surface area contributed by atoms with Crippen molar-refractivity contribution in [2.75, 3.05) is 25.5 Å². The van der Waals surface area contributed by atoms with Crippen LogP contribution in [0, 0.1) is 20.8 Å². The number of carbonyl (C=O) groups is 3. The number of hydrogen-bond donors (Lipinski definition) is 2. The fraction of sp³-hybridized carbons (Fsp3) is 0.409. The summed E-state index contributed by atoms with van der Waals surface area (Å²) in [6.45, 7) is 10.2. The van der Waals surface area contributed by atoms with Crippen LogP contribution in [0.2, 0.25) is 0 Å². The van der Waals surface area contributed by atoms with Gasteiger partial charge >= 0.3 is 5.97 Å². The first-order valence-corrected chi connectivity index (χ1v) is 10.4. The van der Waals surface area contributed by atoms with Crippen LogP contribution in [0.25, 0.3) is 0 Å². The standard InChI is InChI=1S/C22H28N2O4S/c1-7-28-22(27)19-15(4)20(16(5)25)29-21(19)23-18(26)12-24(6)11-17-9-8-13(2)10-14(17)3/h8-10H,7,11-12H2,1-6H3,(H,23,26)/p+1. The number of thiophene rings is 1. The third-order valence-electron chi connectivity index (χ3n) is 4.65. The number of amides is 1. The summed E-state index contributed by atoms with van der Waals surface area (Å²) >= 11 is 1.12. The number of benzene rings is 1. The monoisotopic (exact) mass is 417 g/mol. The molecule has 0 aliphatic carbocycles. The molecule has 1 aromatic carbocycles. The SMILES string of the molecule is CCOC(=O)c1c(NC(=O)C[NH+](C)Cc2ccc(C)cc2C)sc(C(C)=O)c1C. The molecule has 0 saturated heterocycles. The second kappa shape index (κ2) is 9.80. The second-order valence-corrected chi connectivity index (χ2v) is 8.35. The molecule has 2 aromatic rings. The van der Waals surface area contributed by atoms with Crippen molar-refractivity contribution in [3.05, 3.63) is 50.9 Å². The zero-order chi connectivity index (χ0) is 21.7. The zero-order valence-corrected chi connectivity index (χ0v) is 18.7. The molecule has 7 heteroatoms. The number of Topliss-reactive ketones (excluding diaryl/α,β-unsaturated/α-hetero) is 1. The van der Waals surface area contributed by atoms with Gasteiger partial charge < -0.3 is 15.0 Å². The topological polar surface area (TPSA) is 76.9 Å². The minimum Gasteiger partial charge on any atom is -0.462 e. The zero-order valence-electron chi connectivity index (χ0n) is 17.9. The van der Waals surface area contributed by atoms with E-state index in [2.05, 4.69) is 37.4 Å². The highest BCUT2D eigenvalue weighted by Crippen LogP contribution is 2.34. The molecule has 2 rings (SSSR count). The lowest BCUT2D eigenvalue weighted by molar-refractivity contribution is -0.885. The van der Waals surface area contributed by atoms with Crippen molar-refractivity contribution in [2.24, 2.45) is 0 Å². The van der Waals surface area contributed by atoms with Crippen molar-refractivity contribution in [3.8, 4) is 0 Å². The first-order valence-electron chi connectivity index (χ1n) is 9.62. The minimum atomic E-state index is -0.528. The molecule has 1 aromatic heterocycles. The average Bonchev–Trinajstić information content (AvgIpc) is 2.93. The first kappa shape index (κ1) is 22.8. The maximum Gasteiger partial charge on any atom is 0.341 e. The van der Waals surface area contributed by atoms with Crippen molar-refractivity contribution >= 4 is 34.0 Å². The summed E-state index contributed by atoms with van der Waals surface area (Å²) in [6, 6.07) is 6.29. The van der Waals surface area contributed by atoms with Gasteiger partial charge in [0.25, 0.3) is 5.91 Å². The van der Waals surface area contributed by atoms with Gasteiger partial charge in [-0.3, -0.25) is 9.59 Å². The number of carbonyl (C=O) groups excluding carboxylic acids is 3. The van der Waals surface area contributed by atoms with Crippen LogP contribution in [0.1, 0.15) is 56.1 Å². The molecule has 0 fully saturated rings. The Kier molecular flexibility index (Phi) is 7.70. The Hall–Kier alpha value is -2.51. The number of rotatable bonds is 8. The molecule has 0 radical (unpaired) electrons. The summed E-state index contributed by atoms with van der Waals surface area (Å²) in [6.07, 6.45) is 0. The Morgan fingerprint density at radius 2 is 1.86 bits per heavy atom. The van der Waals surface area contributed by atoms with Crippen LogP contribution in [0.3, 0.4) is 0 Å². The molecule has 156 valence electrons. The molecule has 1 heterocycles. The molecule has 1 atom stereocenters. The first-order chi connectivity index (χ1) is 13.6. The number of ketones is 1. The summed E-state index contributed by atoms with van der Waals surface area (Å²) in [5.41, 5.74) is 4.42. The number of nitrogens with one attached hydrogen (secondary N) is 2. The van der Waals surface area contributed by atoms with Gasteiger partial charge in [-0.1, -0.05) is 23.8 Å². The predicted octanol–water partition coefficient (Wildman–Crippen LogP) is 2.71. The van der Waals surface area contributed by atoms with Gasteiger partial charge in [0.05, 0.1) is 24.1 Å². The molecule has 29 heavy (non-hydrogen) atoms. The largest absolute Gasteiger partial charge is 0.462 e. The Morgan fingerprint density at radius 1 is 1.17 bits per heavy atom. The van der Waals surface area contributed by atoms with Gasteiger partial charge in [0.1, 0.15) is 11.5 Å². The van der Waals surface area contributed by atoms with E-state index in [4.69, 9.17) is 4.74 Å². The van der Waals surface area contributed by atoms with Crippen LogP contribution in [-0.2, 0) is 16.1 Å². The van der Waals surface area contributed by atoms with E-state index in [0.717, 1.165) is 16.2 Å². The highest BCUT2D eigenvalue weighted by atomic mass is 32.1. The number of anilines is 1. The number of ether oxygens (including phenoxy) is 1. The van der Waals surface area contributed by atoms with E-state index in [-0.39, 0.29) is 30.4 Å². The lowest BCUT2D eigenvalue weighted by Crippen LogP contribution is -3.08. The van der Waals surface area contributed by atoms with E-state index in [1.165, 1.54) is 23.6 Å². The highest BCUT2D eigenvalue weighted by molar-refractivity contribution is 7.18. The van der Waals surface area contributed by atoms with E-state index in [1.54, 1.807) is 13.8 Å². The van der Waals surface area contributed by atoms with Gasteiger partial charge in [-0.05, 0) is 45.7 Å². The highest BCUT2D eigenvalue weighted by Gasteiger charge is 2.26. The Labute approximate surface area is 175 Å². The van der Waals surface area contributed by atoms with E-state index in [0.29, 0.717) is 22.0 Å². The third kappa shape index (κ3) is 5.74. The van der Waals surface area contributed by atoms with Crippen molar-refractivity contribution < 1.29 is 24.0 Å². The molecule has 1 amide bonds. The quantitative estimate of drug-likeness (QED) is 0.511. The number of aryl methyl sites for hydroxylation is 2. The molecule has 0 spiro atoms. The van der Waals surface area contributed by atoms with Crippen LogP contribution in [0.15, 0.2) is 18.2 Å². The molecule has 6 nitrogen and oxygen atoms in total. The van der Waals surface area contributed by atoms with Gasteiger partial charge in [-0.15, -0.1) is 11.3 Å². The second-order valence-electron chi connectivity index (χ2n) is 7.33. The Balaban J connectivity index is 2.14. The van der Waals surface area contributed by atoms with E-state index in [1.807, 2.05) is 7.05 Å². The fourth-order valence-corrected chi connectivity index (χ4v) is 4.37. The smallest absolute Gasteiger partial charge is 0.341 e. The van der Waals surface area contributed by atoms with Gasteiger partial charge in [0.15, 0.2) is 12.3 Å². The van der Waals surface area contributed by atoms with Gasteiger partial charge in [-0.25, -0.2) is 4.79 Å². The lowest BCUT2D eigenvalue weighted by atomic mass is 10.1. The Morgan fingerprint density at radius 3 is 2.45 bits per heavy atom. The van der Waals surface area contributed by atoms with Gasteiger partial charge in [0, 0.05) is 5.56 Å². The summed E-state index contributed by atoms with van der Waals surface area (Å²) in [5, 5.41) is 3.18. The molecule has 1 unspecified atom stereocenters. The maximum atomic E-state index is 12.6. The van der Waals surface area contributed by atoms with Gasteiger partial charge in [0.2, 0.25) is 0 Å². The van der Waals surface area contributed by atoms with Crippen molar-refractivity contribution in [1.82, 2.24) is 0 Å². The third-order valence-corrected chi connectivity index (χ3v) is 5.96. The van der Waals surface area contributed by atoms with Crippen molar-refractivity contribution in [2.45, 2.75) is 41.2 Å². The van der Waals surface area contributed by atoms with Crippen molar-refractivity contribution in [1.29, 1.82) is 0 Å². The number of likely N-dealkylation sites (N-methyl/N-ethyl adjacent to an activating group) is 1. The normalized spacial score (nSPS) is 11.8. The van der Waals surface area contributed by atoms with E-state index in [9.17, 15) is 14.4 Å². The number of quaternary nitrogens is 1. The lowest BCUT2D eigenvalue weighted by Gasteiger charge is -2.15. The summed E-state index contributed by atoms with van der Waals surface area (Å²) < 4.78 is 5.11. The van der Waals surface area contributed by atoms with E-state index < -0.39 is 5.97 Å². The molecule has 0 aliphatic heterocycles. The molecule has 2 N–H and O–H groups in total. The predicted molar refractivity (Wildman–Crippen MR) is 115 cm³/mol. The van der Waals surface area contributed by atoms with Crippen LogP contribution < -0.4 is 10.2 Å². The molecule has 0 bridgehead atoms. The average molecular weight is 418 g/mol. The molecular formula is C22H29N2O4S+. The maximum absolute atomic E-state index is 12.6.